The number of rotatable bonds is 3. The van der Waals surface area contributed by atoms with E-state index in [0.29, 0.717) is 17.0 Å². The average molecular weight is 277 g/mol. The Morgan fingerprint density at radius 3 is 2.95 bits per heavy atom. The molecule has 0 amide bonds. The van der Waals surface area contributed by atoms with Crippen molar-refractivity contribution >= 4 is 17.3 Å². The molecule has 1 aromatic heterocycles. The lowest BCUT2D eigenvalue weighted by Gasteiger charge is -2.21. The van der Waals surface area contributed by atoms with Crippen LogP contribution in [-0.4, -0.2) is 20.8 Å². The molecule has 1 fully saturated rings. The van der Waals surface area contributed by atoms with Gasteiger partial charge in [-0.25, -0.2) is 9.67 Å². The van der Waals surface area contributed by atoms with Crippen LogP contribution in [0.25, 0.3) is 5.69 Å². The predicted molar refractivity (Wildman–Crippen MR) is 76.8 cm³/mol. The van der Waals surface area contributed by atoms with Gasteiger partial charge in [-0.05, 0) is 30.9 Å². The highest BCUT2D eigenvalue weighted by Crippen LogP contribution is 2.32. The average Bonchev–Trinajstić information content (AvgIpc) is 3.03. The summed E-state index contributed by atoms with van der Waals surface area (Å²) in [6, 6.07) is 6.40. The Hall–Kier alpha value is -1.55. The lowest BCUT2D eigenvalue weighted by molar-refractivity contribution is 0.556. The summed E-state index contributed by atoms with van der Waals surface area (Å²) in [5.41, 5.74) is 1.90. The van der Waals surface area contributed by atoms with Gasteiger partial charge in [0, 0.05) is 6.04 Å². The number of halogens is 1. The molecule has 0 bridgehead atoms. The number of nitrogens with zero attached hydrogens (tertiary/aromatic N) is 3. The van der Waals surface area contributed by atoms with E-state index in [2.05, 4.69) is 22.3 Å². The van der Waals surface area contributed by atoms with Gasteiger partial charge in [-0.2, -0.15) is 5.10 Å². The molecule has 1 aliphatic rings. The molecule has 0 radical (unpaired) electrons. The Morgan fingerprint density at radius 2 is 2.26 bits per heavy atom. The molecule has 2 aromatic rings. The van der Waals surface area contributed by atoms with Gasteiger partial charge in [0.1, 0.15) is 18.3 Å². The van der Waals surface area contributed by atoms with Gasteiger partial charge in [0.25, 0.3) is 0 Å². The Labute approximate surface area is 117 Å². The van der Waals surface area contributed by atoms with Crippen LogP contribution in [-0.2, 0) is 0 Å². The van der Waals surface area contributed by atoms with Crippen LogP contribution in [0.1, 0.15) is 26.2 Å². The second-order valence-electron chi connectivity index (χ2n) is 5.14. The van der Waals surface area contributed by atoms with Gasteiger partial charge < -0.3 is 5.32 Å². The van der Waals surface area contributed by atoms with Crippen molar-refractivity contribution in [2.45, 2.75) is 32.2 Å². The van der Waals surface area contributed by atoms with Gasteiger partial charge in [-0.1, -0.05) is 31.0 Å². The zero-order valence-electron chi connectivity index (χ0n) is 10.9. The van der Waals surface area contributed by atoms with Gasteiger partial charge in [0.2, 0.25) is 0 Å². The van der Waals surface area contributed by atoms with Crippen LogP contribution in [0.3, 0.4) is 0 Å². The molecule has 0 spiro atoms. The third kappa shape index (κ3) is 2.45. The fourth-order valence-electron chi connectivity index (χ4n) is 2.75. The second-order valence-corrected chi connectivity index (χ2v) is 5.54. The molecule has 2 unspecified atom stereocenters. The summed E-state index contributed by atoms with van der Waals surface area (Å²) in [7, 11) is 0. The predicted octanol–water partition coefficient (Wildman–Crippen LogP) is 3.52. The van der Waals surface area contributed by atoms with Crippen LogP contribution in [0, 0.1) is 5.92 Å². The number of benzene rings is 1. The Balaban J connectivity index is 1.95. The fraction of sp³-hybridized carbons (Fsp3) is 0.429. The highest BCUT2D eigenvalue weighted by atomic mass is 35.5. The van der Waals surface area contributed by atoms with E-state index in [1.165, 1.54) is 25.6 Å². The summed E-state index contributed by atoms with van der Waals surface area (Å²) in [5, 5.41) is 8.48. The molecule has 1 aliphatic carbocycles. The van der Waals surface area contributed by atoms with Crippen molar-refractivity contribution in [2.24, 2.45) is 5.92 Å². The molecule has 5 heteroatoms. The van der Waals surface area contributed by atoms with Crippen LogP contribution >= 0.6 is 11.6 Å². The van der Waals surface area contributed by atoms with Crippen molar-refractivity contribution in [2.75, 3.05) is 5.32 Å². The molecule has 100 valence electrons. The van der Waals surface area contributed by atoms with Crippen LogP contribution in [0.4, 0.5) is 5.69 Å². The molecule has 3 rings (SSSR count). The normalized spacial score (nSPS) is 22.6. The second kappa shape index (κ2) is 5.21. The van der Waals surface area contributed by atoms with Crippen LogP contribution in [0.5, 0.6) is 0 Å². The highest BCUT2D eigenvalue weighted by Gasteiger charge is 2.24. The largest absolute Gasteiger partial charge is 0.380 e. The molecule has 1 aromatic carbocycles. The molecule has 1 N–H and O–H groups in total. The van der Waals surface area contributed by atoms with E-state index >= 15 is 0 Å². The first-order valence-corrected chi connectivity index (χ1v) is 7.03. The van der Waals surface area contributed by atoms with Crippen molar-refractivity contribution in [3.63, 3.8) is 0 Å². The van der Waals surface area contributed by atoms with E-state index in [4.69, 9.17) is 11.6 Å². The van der Waals surface area contributed by atoms with Crippen molar-refractivity contribution in [3.05, 3.63) is 35.9 Å². The Kier molecular flexibility index (Phi) is 3.42. The molecule has 19 heavy (non-hydrogen) atoms. The molecule has 4 nitrogen and oxygen atoms in total. The minimum atomic E-state index is 0.515. The van der Waals surface area contributed by atoms with E-state index in [1.807, 2.05) is 18.2 Å². The summed E-state index contributed by atoms with van der Waals surface area (Å²) in [6.45, 7) is 2.30. The zero-order valence-corrected chi connectivity index (χ0v) is 11.6. The molecular weight excluding hydrogens is 260 g/mol. The number of para-hydroxylation sites is 1. The first-order chi connectivity index (χ1) is 9.25. The van der Waals surface area contributed by atoms with Gasteiger partial charge in [0.05, 0.1) is 10.7 Å². The van der Waals surface area contributed by atoms with Gasteiger partial charge >= 0.3 is 0 Å². The maximum Gasteiger partial charge on any atom is 0.138 e. The summed E-state index contributed by atoms with van der Waals surface area (Å²) in [5.74, 6) is 0.697. The third-order valence-corrected chi connectivity index (χ3v) is 4.14. The number of aromatic nitrogens is 3. The molecule has 0 aliphatic heterocycles. The molecular formula is C14H17ClN4. The van der Waals surface area contributed by atoms with Crippen molar-refractivity contribution in [3.8, 4) is 5.69 Å². The smallest absolute Gasteiger partial charge is 0.138 e. The molecule has 0 saturated heterocycles. The van der Waals surface area contributed by atoms with Gasteiger partial charge in [0.15, 0.2) is 0 Å². The van der Waals surface area contributed by atoms with Crippen LogP contribution in [0.15, 0.2) is 30.9 Å². The van der Waals surface area contributed by atoms with Crippen LogP contribution in [0.2, 0.25) is 5.02 Å². The summed E-state index contributed by atoms with van der Waals surface area (Å²) in [6.07, 6.45) is 6.98. The minimum absolute atomic E-state index is 0.515. The van der Waals surface area contributed by atoms with Gasteiger partial charge in [-0.3, -0.25) is 0 Å². The summed E-state index contributed by atoms with van der Waals surface area (Å²) in [4.78, 5) is 3.99. The maximum absolute atomic E-state index is 6.31. The standard InChI is InChI=1S/C14H17ClN4/c1-10-4-2-6-12(10)18-13-7-3-5-11(15)14(13)19-9-16-8-17-19/h3,5,7-10,12,18H,2,4,6H2,1H3. The summed E-state index contributed by atoms with van der Waals surface area (Å²) >= 11 is 6.31. The SMILES string of the molecule is CC1CCCC1Nc1cccc(Cl)c1-n1cncn1. The number of anilines is 1. The highest BCUT2D eigenvalue weighted by molar-refractivity contribution is 6.33. The zero-order chi connectivity index (χ0) is 13.2. The Bertz CT molecular complexity index is 553. The lowest BCUT2D eigenvalue weighted by atomic mass is 10.1. The van der Waals surface area contributed by atoms with E-state index in [1.54, 1.807) is 11.0 Å². The lowest BCUT2D eigenvalue weighted by Crippen LogP contribution is -2.22. The molecule has 1 saturated carbocycles. The quantitative estimate of drug-likeness (QED) is 0.933. The molecule has 2 atom stereocenters. The fourth-order valence-corrected chi connectivity index (χ4v) is 3.01. The van der Waals surface area contributed by atoms with Crippen molar-refractivity contribution in [1.82, 2.24) is 14.8 Å². The molecule has 1 heterocycles. The van der Waals surface area contributed by atoms with E-state index in [-0.39, 0.29) is 0 Å². The monoisotopic (exact) mass is 276 g/mol. The number of hydrogen-bond donors (Lipinski definition) is 1. The van der Waals surface area contributed by atoms with Crippen molar-refractivity contribution < 1.29 is 0 Å². The third-order valence-electron chi connectivity index (χ3n) is 3.84. The van der Waals surface area contributed by atoms with Crippen LogP contribution < -0.4 is 5.32 Å². The first kappa shape index (κ1) is 12.5. The van der Waals surface area contributed by atoms with E-state index in [0.717, 1.165) is 11.4 Å². The topological polar surface area (TPSA) is 42.7 Å². The first-order valence-electron chi connectivity index (χ1n) is 6.66. The number of hydrogen-bond acceptors (Lipinski definition) is 3. The van der Waals surface area contributed by atoms with E-state index in [9.17, 15) is 0 Å². The summed E-state index contributed by atoms with van der Waals surface area (Å²) < 4.78 is 1.71. The minimum Gasteiger partial charge on any atom is -0.380 e. The maximum atomic E-state index is 6.31. The number of nitrogens with one attached hydrogen (secondary N) is 1. The Morgan fingerprint density at radius 1 is 1.37 bits per heavy atom. The van der Waals surface area contributed by atoms with Crippen molar-refractivity contribution in [1.29, 1.82) is 0 Å². The van der Waals surface area contributed by atoms with Gasteiger partial charge in [-0.15, -0.1) is 0 Å². The van der Waals surface area contributed by atoms with E-state index < -0.39 is 0 Å².